The van der Waals surface area contributed by atoms with E-state index in [0.29, 0.717) is 19.4 Å². The molecule has 2 unspecified atom stereocenters. The summed E-state index contributed by atoms with van der Waals surface area (Å²) in [5, 5.41) is 21.4. The van der Waals surface area contributed by atoms with Crippen LogP contribution in [0.25, 0.3) is 32.8 Å². The predicted octanol–water partition coefficient (Wildman–Crippen LogP) is 5.87. The lowest BCUT2D eigenvalue weighted by atomic mass is 9.92. The molecule has 2 N–H and O–H groups in total. The molecule has 2 aliphatic rings. The van der Waals surface area contributed by atoms with E-state index in [1.165, 1.54) is 12.1 Å². The van der Waals surface area contributed by atoms with E-state index in [4.69, 9.17) is 11.2 Å². The summed E-state index contributed by atoms with van der Waals surface area (Å²) in [7, 11) is 3.33. The largest absolute Gasteiger partial charge is 0.508 e. The van der Waals surface area contributed by atoms with Crippen LogP contribution in [-0.2, 0) is 0 Å². The molecule has 1 saturated carbocycles. The molecular formula is C33H31F5N4O3. The Hall–Kier alpha value is -4.21. The normalized spacial score (nSPS) is 22.6. The van der Waals surface area contributed by atoms with Gasteiger partial charge in [-0.25, -0.2) is 22.0 Å². The van der Waals surface area contributed by atoms with E-state index in [1.807, 2.05) is 0 Å². The van der Waals surface area contributed by atoms with Crippen molar-refractivity contribution in [2.24, 2.45) is 5.41 Å². The Morgan fingerprint density at radius 2 is 1.84 bits per heavy atom. The van der Waals surface area contributed by atoms with Crippen molar-refractivity contribution in [2.45, 2.75) is 37.7 Å². The molecule has 2 atom stereocenters. The summed E-state index contributed by atoms with van der Waals surface area (Å²) in [6, 6.07) is 5.41. The number of nitrogens with zero attached hydrogens (tertiary/aromatic N) is 4. The number of alkyl halides is 2. The molecule has 236 valence electrons. The number of ether oxygens (including phenoxy) is 1. The summed E-state index contributed by atoms with van der Waals surface area (Å²) in [6.07, 6.45) is 6.21. The van der Waals surface area contributed by atoms with E-state index in [1.54, 1.807) is 30.8 Å². The zero-order chi connectivity index (χ0) is 32.5. The Balaban J connectivity index is 1.56. The van der Waals surface area contributed by atoms with Gasteiger partial charge in [-0.15, -0.1) is 6.42 Å². The number of aromatic nitrogens is 2. The second kappa shape index (κ2) is 10.7. The molecule has 1 aromatic heterocycles. The SMILES string of the molecule is C#Cc1c(F)ccc2cc(O)cc(-c3c(F)cc4c(N5CCCC(C)(O)C5)nc(OCC5(CN(C)C)CC5(F)F)nc4c3F)c12. The number of hydrogen-bond donors (Lipinski definition) is 2. The first kappa shape index (κ1) is 30.8. The summed E-state index contributed by atoms with van der Waals surface area (Å²) >= 11 is 0. The molecule has 1 saturated heterocycles. The first-order chi connectivity index (χ1) is 21.1. The van der Waals surface area contributed by atoms with Crippen molar-refractivity contribution in [3.8, 4) is 35.2 Å². The number of rotatable bonds is 7. The Bertz CT molecular complexity index is 1890. The molecule has 0 amide bonds. The van der Waals surface area contributed by atoms with Crippen LogP contribution in [0.4, 0.5) is 27.8 Å². The van der Waals surface area contributed by atoms with E-state index < -0.39 is 64.5 Å². The van der Waals surface area contributed by atoms with Crippen LogP contribution >= 0.6 is 0 Å². The average molecular weight is 627 g/mol. The van der Waals surface area contributed by atoms with Crippen molar-refractivity contribution >= 4 is 27.5 Å². The minimum absolute atomic E-state index is 0.00636. The number of halogens is 5. The lowest BCUT2D eigenvalue weighted by molar-refractivity contribution is 0.0287. The number of terminal acetylenes is 1. The number of anilines is 1. The molecule has 4 aromatic rings. The quantitative estimate of drug-likeness (QED) is 0.196. The summed E-state index contributed by atoms with van der Waals surface area (Å²) in [5.41, 5.74) is -4.11. The van der Waals surface area contributed by atoms with Crippen molar-refractivity contribution in [3.63, 3.8) is 0 Å². The van der Waals surface area contributed by atoms with Gasteiger partial charge in [-0.3, -0.25) is 0 Å². The van der Waals surface area contributed by atoms with Gasteiger partial charge in [0, 0.05) is 42.4 Å². The Morgan fingerprint density at radius 1 is 1.11 bits per heavy atom. The molecule has 7 nitrogen and oxygen atoms in total. The van der Waals surface area contributed by atoms with Crippen LogP contribution in [0.5, 0.6) is 11.8 Å². The molecule has 6 rings (SSSR count). The molecule has 1 aliphatic carbocycles. The third-order valence-corrected chi connectivity index (χ3v) is 8.59. The molecular weight excluding hydrogens is 595 g/mol. The van der Waals surface area contributed by atoms with E-state index in [-0.39, 0.29) is 51.9 Å². The van der Waals surface area contributed by atoms with Crippen molar-refractivity contribution in [2.75, 3.05) is 45.2 Å². The Morgan fingerprint density at radius 3 is 2.49 bits per heavy atom. The van der Waals surface area contributed by atoms with Crippen LogP contribution in [0.15, 0.2) is 30.3 Å². The van der Waals surface area contributed by atoms with E-state index in [2.05, 4.69) is 15.9 Å². The third kappa shape index (κ3) is 5.38. The highest BCUT2D eigenvalue weighted by Gasteiger charge is 2.71. The lowest BCUT2D eigenvalue weighted by Crippen LogP contribution is -2.46. The number of fused-ring (bicyclic) bond motifs is 2. The summed E-state index contributed by atoms with van der Waals surface area (Å²) < 4.78 is 82.2. The van der Waals surface area contributed by atoms with Gasteiger partial charge in [0.05, 0.1) is 22.1 Å². The van der Waals surface area contributed by atoms with E-state index in [0.717, 1.165) is 18.2 Å². The van der Waals surface area contributed by atoms with Crippen LogP contribution in [0, 0.1) is 35.2 Å². The fraction of sp³-hybridized carbons (Fsp3) is 0.394. The summed E-state index contributed by atoms with van der Waals surface area (Å²) in [5.74, 6) is -4.08. The Labute approximate surface area is 256 Å². The van der Waals surface area contributed by atoms with Gasteiger partial charge >= 0.3 is 6.01 Å². The number of aliphatic hydroxyl groups is 1. The van der Waals surface area contributed by atoms with Gasteiger partial charge in [0.25, 0.3) is 5.92 Å². The number of phenolic OH excluding ortho intramolecular Hbond substituents is 1. The fourth-order valence-corrected chi connectivity index (χ4v) is 6.44. The second-order valence-corrected chi connectivity index (χ2v) is 12.6. The maximum atomic E-state index is 16.7. The second-order valence-electron chi connectivity index (χ2n) is 12.6. The lowest BCUT2D eigenvalue weighted by Gasteiger charge is -2.38. The highest BCUT2D eigenvalue weighted by atomic mass is 19.3. The molecule has 0 radical (unpaired) electrons. The number of piperidine rings is 1. The molecule has 45 heavy (non-hydrogen) atoms. The molecule has 0 spiro atoms. The zero-order valence-electron chi connectivity index (χ0n) is 24.9. The van der Waals surface area contributed by atoms with Crippen LogP contribution < -0.4 is 9.64 Å². The topological polar surface area (TPSA) is 82.0 Å². The van der Waals surface area contributed by atoms with Gasteiger partial charge in [0.1, 0.15) is 35.3 Å². The molecule has 12 heteroatoms. The van der Waals surface area contributed by atoms with Crippen molar-refractivity contribution in [1.82, 2.24) is 14.9 Å². The average Bonchev–Trinajstić information content (AvgIpc) is 3.49. The van der Waals surface area contributed by atoms with Gasteiger partial charge in [-0.2, -0.15) is 9.97 Å². The molecule has 1 aliphatic heterocycles. The van der Waals surface area contributed by atoms with Gasteiger partial charge in [0.2, 0.25) is 0 Å². The molecule has 2 fully saturated rings. The third-order valence-electron chi connectivity index (χ3n) is 8.59. The van der Waals surface area contributed by atoms with E-state index >= 15 is 8.78 Å². The van der Waals surface area contributed by atoms with E-state index in [9.17, 15) is 23.4 Å². The number of hydrogen-bond acceptors (Lipinski definition) is 7. The van der Waals surface area contributed by atoms with Crippen molar-refractivity contribution in [3.05, 3.63) is 53.3 Å². The number of β-amino-alcohol motifs (C(OH)–C–C–N with tert-alkyl or cyclic N) is 1. The standard InChI is InChI=1S/C33H31F5N4O3/c1-5-20-23(34)8-7-18-11-19(43)12-21(25(18)20)26-24(35)13-22-28(27(26)36)39-30(40-29(22)42-10-6-9-31(2,44)15-42)45-17-32(16-41(3)4)14-33(32,37)38/h1,7-8,11-13,43-44H,6,9-10,14-17H2,2-4H3. The maximum absolute atomic E-state index is 16.7. The zero-order valence-corrected chi connectivity index (χ0v) is 24.9. The van der Waals surface area contributed by atoms with Crippen molar-refractivity contribution in [1.29, 1.82) is 0 Å². The maximum Gasteiger partial charge on any atom is 0.319 e. The van der Waals surface area contributed by atoms with Crippen LogP contribution in [0.3, 0.4) is 0 Å². The first-order valence-electron chi connectivity index (χ1n) is 14.4. The summed E-state index contributed by atoms with van der Waals surface area (Å²) in [6.45, 7) is 1.66. The number of phenols is 1. The minimum atomic E-state index is -2.98. The molecule has 2 heterocycles. The summed E-state index contributed by atoms with van der Waals surface area (Å²) in [4.78, 5) is 11.9. The van der Waals surface area contributed by atoms with Gasteiger partial charge in [-0.1, -0.05) is 12.0 Å². The smallest absolute Gasteiger partial charge is 0.319 e. The predicted molar refractivity (Wildman–Crippen MR) is 160 cm³/mol. The highest BCUT2D eigenvalue weighted by Crippen LogP contribution is 2.60. The van der Waals surface area contributed by atoms with Crippen LogP contribution in [-0.4, -0.2) is 76.9 Å². The van der Waals surface area contributed by atoms with Gasteiger partial charge in [-0.05, 0) is 63.5 Å². The van der Waals surface area contributed by atoms with Gasteiger partial charge in [0.15, 0.2) is 5.82 Å². The first-order valence-corrected chi connectivity index (χ1v) is 14.4. The van der Waals surface area contributed by atoms with Crippen LogP contribution in [0.1, 0.15) is 31.7 Å². The van der Waals surface area contributed by atoms with Gasteiger partial charge < -0.3 is 24.7 Å². The minimum Gasteiger partial charge on any atom is -0.508 e. The Kier molecular flexibility index (Phi) is 7.33. The van der Waals surface area contributed by atoms with Crippen LogP contribution in [0.2, 0.25) is 0 Å². The monoisotopic (exact) mass is 626 g/mol. The highest BCUT2D eigenvalue weighted by molar-refractivity contribution is 6.04. The number of aromatic hydroxyl groups is 1. The molecule has 3 aromatic carbocycles. The molecule has 0 bridgehead atoms. The number of benzene rings is 3. The fourth-order valence-electron chi connectivity index (χ4n) is 6.44. The van der Waals surface area contributed by atoms with Crippen molar-refractivity contribution < 1.29 is 36.9 Å².